The number of carbonyl (C=O) groups excluding carboxylic acids is 1. The van der Waals surface area contributed by atoms with E-state index in [9.17, 15) is 4.79 Å². The fourth-order valence-corrected chi connectivity index (χ4v) is 3.73. The molecule has 5 rings (SSSR count). The van der Waals surface area contributed by atoms with Gasteiger partial charge in [-0.1, -0.05) is 12.1 Å². The van der Waals surface area contributed by atoms with Crippen molar-refractivity contribution in [3.63, 3.8) is 0 Å². The van der Waals surface area contributed by atoms with Gasteiger partial charge in [0.15, 0.2) is 0 Å². The van der Waals surface area contributed by atoms with Crippen LogP contribution in [0, 0.1) is 6.92 Å². The van der Waals surface area contributed by atoms with Gasteiger partial charge >= 0.3 is 6.03 Å². The van der Waals surface area contributed by atoms with Crippen molar-refractivity contribution in [1.82, 2.24) is 15.3 Å². The maximum Gasteiger partial charge on any atom is 0.319 e. The number of rotatable bonds is 3. The number of hydrogen-bond donors (Lipinski definition) is 4. The number of fused-ring (bicyclic) bond motifs is 6. The number of hydrogen-bond acceptors (Lipinski definition) is 6. The van der Waals surface area contributed by atoms with Gasteiger partial charge in [-0.05, 0) is 73.4 Å². The Kier molecular flexibility index (Phi) is 5.63. The summed E-state index contributed by atoms with van der Waals surface area (Å²) in [4.78, 5) is 21.5. The number of aryl methyl sites for hydroxylation is 3. The first-order valence-electron chi connectivity index (χ1n) is 10.8. The summed E-state index contributed by atoms with van der Waals surface area (Å²) in [6.45, 7) is 2.29. The summed E-state index contributed by atoms with van der Waals surface area (Å²) in [6, 6.07) is 17.4. The van der Waals surface area contributed by atoms with Crippen molar-refractivity contribution in [2.75, 3.05) is 16.0 Å². The Balaban J connectivity index is 1.43. The molecule has 1 aliphatic heterocycles. The third-order valence-electron chi connectivity index (χ3n) is 5.46. The molecular formula is C25H24N6O2. The Morgan fingerprint density at radius 1 is 1.06 bits per heavy atom. The number of furan rings is 1. The van der Waals surface area contributed by atoms with Crippen LogP contribution in [-0.2, 0) is 19.4 Å². The number of carbonyl (C=O) groups is 1. The maximum atomic E-state index is 12.5. The van der Waals surface area contributed by atoms with Gasteiger partial charge in [-0.15, -0.1) is 0 Å². The van der Waals surface area contributed by atoms with E-state index >= 15 is 0 Å². The minimum Gasteiger partial charge on any atom is -0.467 e. The highest BCUT2D eigenvalue weighted by Crippen LogP contribution is 2.27. The molecule has 0 radical (unpaired) electrons. The number of amides is 2. The minimum atomic E-state index is -0.284. The minimum absolute atomic E-state index is 0.284. The Bertz CT molecular complexity index is 1290. The van der Waals surface area contributed by atoms with Crippen molar-refractivity contribution in [2.45, 2.75) is 26.3 Å². The first-order valence-corrected chi connectivity index (χ1v) is 10.8. The largest absolute Gasteiger partial charge is 0.467 e. The lowest BCUT2D eigenvalue weighted by Gasteiger charge is -2.15. The molecule has 0 saturated heterocycles. The normalized spacial score (nSPS) is 12.3. The first kappa shape index (κ1) is 20.6. The fraction of sp³-hybridized carbons (Fsp3) is 0.160. The van der Waals surface area contributed by atoms with E-state index in [0.717, 1.165) is 46.8 Å². The number of nitrogens with zero attached hydrogens (tertiary/aromatic N) is 2. The van der Waals surface area contributed by atoms with Gasteiger partial charge in [0.25, 0.3) is 0 Å². The van der Waals surface area contributed by atoms with Crippen LogP contribution < -0.4 is 21.3 Å². The lowest BCUT2D eigenvalue weighted by molar-refractivity contribution is 0.251. The van der Waals surface area contributed by atoms with E-state index < -0.39 is 0 Å². The molecule has 1 aliphatic rings. The van der Waals surface area contributed by atoms with Gasteiger partial charge in [-0.25, -0.2) is 9.78 Å². The summed E-state index contributed by atoms with van der Waals surface area (Å²) in [5, 5.41) is 12.5. The van der Waals surface area contributed by atoms with Crippen molar-refractivity contribution in [2.24, 2.45) is 0 Å². The lowest BCUT2D eigenvalue weighted by atomic mass is 10.0. The molecule has 2 aromatic carbocycles. The van der Waals surface area contributed by atoms with Crippen molar-refractivity contribution in [3.8, 4) is 0 Å². The third kappa shape index (κ3) is 4.95. The summed E-state index contributed by atoms with van der Waals surface area (Å²) in [5.74, 6) is 1.96. The zero-order chi connectivity index (χ0) is 22.6. The fourth-order valence-electron chi connectivity index (χ4n) is 3.73. The van der Waals surface area contributed by atoms with Crippen LogP contribution >= 0.6 is 0 Å². The predicted octanol–water partition coefficient (Wildman–Crippen LogP) is 5.29. The average molecular weight is 441 g/mol. The summed E-state index contributed by atoms with van der Waals surface area (Å²) in [5.41, 5.74) is 5.73. The van der Waals surface area contributed by atoms with Gasteiger partial charge in [0.05, 0.1) is 12.8 Å². The van der Waals surface area contributed by atoms with E-state index in [1.807, 2.05) is 37.3 Å². The van der Waals surface area contributed by atoms with Crippen LogP contribution in [0.25, 0.3) is 0 Å². The molecule has 0 aliphatic carbocycles. The zero-order valence-corrected chi connectivity index (χ0v) is 18.2. The Morgan fingerprint density at radius 2 is 1.97 bits per heavy atom. The highest BCUT2D eigenvalue weighted by Gasteiger charge is 2.12. The van der Waals surface area contributed by atoms with Crippen LogP contribution in [-0.4, -0.2) is 16.0 Å². The number of nitrogens with one attached hydrogen (secondary N) is 4. The smallest absolute Gasteiger partial charge is 0.319 e. The average Bonchev–Trinajstić information content (AvgIpc) is 3.33. The van der Waals surface area contributed by atoms with Gasteiger partial charge in [-0.2, -0.15) is 4.98 Å². The van der Waals surface area contributed by atoms with E-state index in [0.29, 0.717) is 18.3 Å². The van der Waals surface area contributed by atoms with Crippen molar-refractivity contribution in [1.29, 1.82) is 0 Å². The summed E-state index contributed by atoms with van der Waals surface area (Å²) >= 11 is 0. The van der Waals surface area contributed by atoms with E-state index in [-0.39, 0.29) is 6.03 Å². The van der Waals surface area contributed by atoms with Crippen LogP contribution in [0.5, 0.6) is 0 Å². The van der Waals surface area contributed by atoms with Gasteiger partial charge in [0.2, 0.25) is 5.95 Å². The van der Waals surface area contributed by atoms with E-state index in [4.69, 9.17) is 4.42 Å². The first-order chi connectivity index (χ1) is 16.1. The topological polar surface area (TPSA) is 104 Å². The predicted molar refractivity (Wildman–Crippen MR) is 128 cm³/mol. The summed E-state index contributed by atoms with van der Waals surface area (Å²) in [6.07, 6.45) is 4.96. The molecule has 0 fully saturated rings. The molecule has 4 N–H and O–H groups in total. The Morgan fingerprint density at radius 3 is 2.85 bits per heavy atom. The second-order valence-electron chi connectivity index (χ2n) is 7.93. The second kappa shape index (κ2) is 9.04. The van der Waals surface area contributed by atoms with Crippen molar-refractivity contribution < 1.29 is 9.21 Å². The molecule has 8 heteroatoms. The van der Waals surface area contributed by atoms with Crippen LogP contribution in [0.2, 0.25) is 0 Å². The molecule has 3 heterocycles. The number of aromatic nitrogens is 2. The SMILES string of the molecule is Cc1cnc2nc1Nc1ccc(NC(=O)NCc3ccco3)c(c1)CCc1cccc(c1)N2. The summed E-state index contributed by atoms with van der Waals surface area (Å²) in [7, 11) is 0. The van der Waals surface area contributed by atoms with Crippen LogP contribution in [0.4, 0.5) is 33.6 Å². The lowest BCUT2D eigenvalue weighted by Crippen LogP contribution is -2.28. The Hall–Kier alpha value is -4.33. The van der Waals surface area contributed by atoms with E-state index in [2.05, 4.69) is 49.4 Å². The molecule has 0 spiro atoms. The zero-order valence-electron chi connectivity index (χ0n) is 18.2. The molecule has 2 aromatic heterocycles. The number of benzene rings is 2. The molecular weight excluding hydrogens is 416 g/mol. The standard InChI is InChI=1S/C25H24N6O2/c1-16-14-26-24-29-19-5-2-4-17(12-19)7-8-18-13-20(28-23(16)31-24)9-10-22(18)30-25(32)27-15-21-6-3-11-33-21/h2-6,9-14H,7-8,15H2,1H3,(H2,27,30,32)(H2,26,28,29,31). The van der Waals surface area contributed by atoms with Crippen LogP contribution in [0.3, 0.4) is 0 Å². The molecule has 0 atom stereocenters. The maximum absolute atomic E-state index is 12.5. The molecule has 166 valence electrons. The van der Waals surface area contributed by atoms with Gasteiger partial charge in [0.1, 0.15) is 11.6 Å². The van der Waals surface area contributed by atoms with Crippen molar-refractivity contribution >= 4 is 34.9 Å². The van der Waals surface area contributed by atoms with Crippen molar-refractivity contribution in [3.05, 3.63) is 89.5 Å². The van der Waals surface area contributed by atoms with E-state index in [1.54, 1.807) is 18.5 Å². The molecule has 33 heavy (non-hydrogen) atoms. The molecule has 0 saturated carbocycles. The molecule has 0 unspecified atom stereocenters. The number of anilines is 5. The Labute approximate surface area is 191 Å². The van der Waals surface area contributed by atoms with Gasteiger partial charge < -0.3 is 25.7 Å². The third-order valence-corrected chi connectivity index (χ3v) is 5.46. The van der Waals surface area contributed by atoms with Crippen LogP contribution in [0.1, 0.15) is 22.5 Å². The molecule has 2 amide bonds. The highest BCUT2D eigenvalue weighted by atomic mass is 16.3. The molecule has 6 bridgehead atoms. The quantitative estimate of drug-likeness (QED) is 0.345. The van der Waals surface area contributed by atoms with Crippen LogP contribution in [0.15, 0.2) is 71.5 Å². The van der Waals surface area contributed by atoms with Gasteiger partial charge in [-0.3, -0.25) is 0 Å². The van der Waals surface area contributed by atoms with Gasteiger partial charge in [0, 0.05) is 28.8 Å². The number of urea groups is 1. The van der Waals surface area contributed by atoms with E-state index in [1.165, 1.54) is 5.56 Å². The monoisotopic (exact) mass is 440 g/mol. The second-order valence-corrected chi connectivity index (χ2v) is 7.93. The molecule has 4 aromatic rings. The molecule has 8 nitrogen and oxygen atoms in total. The summed E-state index contributed by atoms with van der Waals surface area (Å²) < 4.78 is 5.27. The highest BCUT2D eigenvalue weighted by molar-refractivity contribution is 5.90.